The molecule has 0 saturated carbocycles. The van der Waals surface area contributed by atoms with Crippen molar-refractivity contribution in [1.29, 1.82) is 5.41 Å². The normalized spacial score (nSPS) is 20.7. The van der Waals surface area contributed by atoms with Gasteiger partial charge in [-0.15, -0.1) is 11.3 Å². The minimum Gasteiger partial charge on any atom is -0.449 e. The molecule has 13 heteroatoms. The lowest BCUT2D eigenvalue weighted by molar-refractivity contribution is -0.138. The molecular weight excluding hydrogens is 590 g/mol. The summed E-state index contributed by atoms with van der Waals surface area (Å²) in [5.41, 5.74) is 6.99. The van der Waals surface area contributed by atoms with Gasteiger partial charge in [0.05, 0.1) is 24.7 Å². The van der Waals surface area contributed by atoms with Gasteiger partial charge in [0, 0.05) is 39.1 Å². The smallest absolute Gasteiger partial charge is 0.296 e. The fourth-order valence-corrected chi connectivity index (χ4v) is 6.94. The van der Waals surface area contributed by atoms with Crippen LogP contribution < -0.4 is 16.4 Å². The first kappa shape index (κ1) is 29.4. The number of allylic oxidation sites excluding steroid dienone is 4. The number of thiophene rings is 1. The van der Waals surface area contributed by atoms with Crippen LogP contribution in [0, 0.1) is 5.41 Å². The Kier molecular flexibility index (Phi) is 7.66. The van der Waals surface area contributed by atoms with E-state index in [0.717, 1.165) is 4.88 Å². The van der Waals surface area contributed by atoms with Crippen molar-refractivity contribution in [2.24, 2.45) is 5.73 Å². The molecule has 3 heterocycles. The minimum atomic E-state index is -3.08. The van der Waals surface area contributed by atoms with E-state index in [-0.39, 0.29) is 53.7 Å². The SMILES string of the molecule is C[C@@H](NC(=O)[C@@H]1CC(c2ncco2)CN1C(=O)CNC(=O)c1ccc2c(c1)C1=C(CCC=C1)C2(F)F)c1cc(C(=N)N)cs1. The van der Waals surface area contributed by atoms with Crippen molar-refractivity contribution in [3.8, 4) is 0 Å². The van der Waals surface area contributed by atoms with E-state index in [1.807, 2.05) is 6.08 Å². The summed E-state index contributed by atoms with van der Waals surface area (Å²) in [6.45, 7) is 1.56. The molecule has 3 atom stereocenters. The molecule has 3 amide bonds. The Balaban J connectivity index is 1.15. The Hall–Kier alpha value is -4.65. The predicted molar refractivity (Wildman–Crippen MR) is 159 cm³/mol. The van der Waals surface area contributed by atoms with Crippen LogP contribution in [0.15, 0.2) is 64.2 Å². The summed E-state index contributed by atoms with van der Waals surface area (Å²) >= 11 is 1.36. The first-order chi connectivity index (χ1) is 21.0. The lowest BCUT2D eigenvalue weighted by Gasteiger charge is -2.25. The number of likely N-dealkylation sites (tertiary alicyclic amines) is 1. The number of alkyl halides is 2. The number of amides is 3. The van der Waals surface area contributed by atoms with Crippen molar-refractivity contribution >= 4 is 40.5 Å². The molecule has 5 N–H and O–H groups in total. The molecule has 6 rings (SSSR count). The molecule has 44 heavy (non-hydrogen) atoms. The topological polar surface area (TPSA) is 154 Å². The molecule has 0 spiro atoms. The van der Waals surface area contributed by atoms with Crippen molar-refractivity contribution in [2.45, 2.75) is 50.1 Å². The van der Waals surface area contributed by atoms with Crippen molar-refractivity contribution < 1.29 is 27.6 Å². The number of nitrogens with zero attached hydrogens (tertiary/aromatic N) is 2. The summed E-state index contributed by atoms with van der Waals surface area (Å²) in [6.07, 6.45) is 7.50. The van der Waals surface area contributed by atoms with Gasteiger partial charge in [-0.1, -0.05) is 18.2 Å². The molecule has 3 aromatic rings. The van der Waals surface area contributed by atoms with Crippen LogP contribution in [0.25, 0.3) is 5.57 Å². The summed E-state index contributed by atoms with van der Waals surface area (Å²) in [5, 5.41) is 14.9. The Morgan fingerprint density at radius 3 is 2.82 bits per heavy atom. The van der Waals surface area contributed by atoms with Gasteiger partial charge >= 0.3 is 0 Å². The van der Waals surface area contributed by atoms with Gasteiger partial charge in [0.15, 0.2) is 5.89 Å². The molecule has 2 aromatic heterocycles. The van der Waals surface area contributed by atoms with Gasteiger partial charge in [0.25, 0.3) is 11.8 Å². The number of hydrogen-bond acceptors (Lipinski definition) is 7. The first-order valence-electron chi connectivity index (χ1n) is 14.2. The standard InChI is InChI=1S/C31H30F2N6O4S/c1-16(25-12-19(15-44-25)27(34)35)38-29(42)24-11-18(30-36-8-9-43-30)14-39(24)26(40)13-37-28(41)17-6-7-23-21(10-17)20-4-2-3-5-22(20)31(23,32)33/h2,4,6-10,12,15-16,18,24H,3,5,11,13-14H2,1H3,(H3,34,35)(H,37,41)(H,38,42)/t16-,18?,24+/m1/s1. The van der Waals surface area contributed by atoms with Gasteiger partial charge in [-0.2, -0.15) is 8.78 Å². The van der Waals surface area contributed by atoms with E-state index in [4.69, 9.17) is 15.6 Å². The van der Waals surface area contributed by atoms with Crippen LogP contribution in [-0.4, -0.2) is 52.6 Å². The number of aromatic nitrogens is 1. The van der Waals surface area contributed by atoms with Crippen LogP contribution >= 0.6 is 11.3 Å². The third-order valence-electron chi connectivity index (χ3n) is 8.30. The van der Waals surface area contributed by atoms with Crippen LogP contribution in [0.4, 0.5) is 8.78 Å². The van der Waals surface area contributed by atoms with E-state index in [1.54, 1.807) is 24.4 Å². The van der Waals surface area contributed by atoms with Gasteiger partial charge < -0.3 is 25.7 Å². The zero-order chi connectivity index (χ0) is 31.2. The number of halogens is 2. The molecule has 10 nitrogen and oxygen atoms in total. The van der Waals surface area contributed by atoms with Crippen LogP contribution in [0.2, 0.25) is 0 Å². The number of benzene rings is 1. The molecule has 0 radical (unpaired) electrons. The van der Waals surface area contributed by atoms with Gasteiger partial charge in [-0.3, -0.25) is 19.8 Å². The minimum absolute atomic E-state index is 0.0642. The van der Waals surface area contributed by atoms with E-state index in [0.29, 0.717) is 29.0 Å². The van der Waals surface area contributed by atoms with Crippen molar-refractivity contribution in [3.05, 3.63) is 92.9 Å². The van der Waals surface area contributed by atoms with Crippen LogP contribution in [0.1, 0.15) is 76.0 Å². The number of carbonyl (C=O) groups is 3. The Morgan fingerprint density at radius 2 is 2.09 bits per heavy atom. The number of rotatable bonds is 8. The molecule has 3 aliphatic rings. The zero-order valence-electron chi connectivity index (χ0n) is 23.7. The first-order valence-corrected chi connectivity index (χ1v) is 15.1. The third-order valence-corrected chi connectivity index (χ3v) is 9.42. The number of oxazole rings is 1. The molecule has 0 bridgehead atoms. The highest BCUT2D eigenvalue weighted by Crippen LogP contribution is 2.52. The number of nitrogens with one attached hydrogen (secondary N) is 3. The van der Waals surface area contributed by atoms with Crippen molar-refractivity contribution in [2.75, 3.05) is 13.1 Å². The van der Waals surface area contributed by atoms with Gasteiger partial charge in [0.1, 0.15) is 18.1 Å². The zero-order valence-corrected chi connectivity index (χ0v) is 24.5. The quantitative estimate of drug-likeness (QED) is 0.218. The number of fused-ring (bicyclic) bond motifs is 2. The summed E-state index contributed by atoms with van der Waals surface area (Å²) in [4.78, 5) is 46.4. The molecule has 1 fully saturated rings. The molecule has 1 aromatic carbocycles. The van der Waals surface area contributed by atoms with E-state index >= 15 is 0 Å². The fourth-order valence-electron chi connectivity index (χ4n) is 6.02. The van der Waals surface area contributed by atoms with E-state index in [2.05, 4.69) is 15.6 Å². The largest absolute Gasteiger partial charge is 0.449 e. The average molecular weight is 621 g/mol. The predicted octanol–water partition coefficient (Wildman–Crippen LogP) is 4.22. The molecule has 1 unspecified atom stereocenters. The highest BCUT2D eigenvalue weighted by atomic mass is 32.1. The highest BCUT2D eigenvalue weighted by molar-refractivity contribution is 7.10. The summed E-state index contributed by atoms with van der Waals surface area (Å²) in [5.74, 6) is -4.53. The van der Waals surface area contributed by atoms with E-state index in [1.165, 1.54) is 46.9 Å². The van der Waals surface area contributed by atoms with Crippen LogP contribution in [-0.2, 0) is 15.5 Å². The number of nitrogens with two attached hydrogens (primary N) is 1. The Labute approximate surface area is 255 Å². The maximum Gasteiger partial charge on any atom is 0.296 e. The van der Waals surface area contributed by atoms with E-state index < -0.39 is 36.4 Å². The Morgan fingerprint density at radius 1 is 1.27 bits per heavy atom. The average Bonchev–Trinajstić information content (AvgIpc) is 3.82. The van der Waals surface area contributed by atoms with Crippen molar-refractivity contribution in [1.82, 2.24) is 20.5 Å². The fraction of sp³-hybridized carbons (Fsp3) is 0.323. The number of amidine groups is 1. The van der Waals surface area contributed by atoms with Crippen LogP contribution in [0.5, 0.6) is 0 Å². The maximum absolute atomic E-state index is 15.0. The highest BCUT2D eigenvalue weighted by Gasteiger charge is 2.46. The molecular formula is C31H30F2N6O4S. The second-order valence-electron chi connectivity index (χ2n) is 11.1. The monoisotopic (exact) mass is 620 g/mol. The number of carbonyl (C=O) groups excluding carboxylic acids is 3. The van der Waals surface area contributed by atoms with Gasteiger partial charge in [-0.25, -0.2) is 4.98 Å². The lowest BCUT2D eigenvalue weighted by atomic mass is 9.96. The summed E-state index contributed by atoms with van der Waals surface area (Å²) < 4.78 is 35.4. The molecule has 2 aliphatic carbocycles. The van der Waals surface area contributed by atoms with Crippen LogP contribution in [0.3, 0.4) is 0 Å². The molecule has 1 saturated heterocycles. The van der Waals surface area contributed by atoms with Gasteiger partial charge in [0.2, 0.25) is 11.8 Å². The summed E-state index contributed by atoms with van der Waals surface area (Å²) in [6, 6.07) is 4.53. The van der Waals surface area contributed by atoms with E-state index in [9.17, 15) is 23.2 Å². The van der Waals surface area contributed by atoms with Gasteiger partial charge in [-0.05, 0) is 55.5 Å². The van der Waals surface area contributed by atoms with Crippen molar-refractivity contribution in [3.63, 3.8) is 0 Å². The Bertz CT molecular complexity index is 1710. The maximum atomic E-state index is 15.0. The third kappa shape index (κ3) is 5.32. The molecule has 1 aliphatic heterocycles. The second kappa shape index (κ2) is 11.5. The summed E-state index contributed by atoms with van der Waals surface area (Å²) in [7, 11) is 0. The second-order valence-corrected chi connectivity index (χ2v) is 12.0. The molecule has 228 valence electrons. The number of nitrogen functional groups attached to an aromatic ring is 1. The lowest BCUT2D eigenvalue weighted by Crippen LogP contribution is -2.49. The number of hydrogen-bond donors (Lipinski definition) is 4.